The van der Waals surface area contributed by atoms with Crippen LogP contribution < -0.4 is 15.1 Å². The van der Waals surface area contributed by atoms with Crippen molar-refractivity contribution in [2.75, 3.05) is 41.3 Å². The summed E-state index contributed by atoms with van der Waals surface area (Å²) in [5.74, 6) is -0.0306. The van der Waals surface area contributed by atoms with Crippen molar-refractivity contribution in [3.63, 3.8) is 0 Å². The Kier molecular flexibility index (Phi) is 5.80. The second-order valence-electron chi connectivity index (χ2n) is 7.16. The first-order valence-corrected chi connectivity index (χ1v) is 9.81. The summed E-state index contributed by atoms with van der Waals surface area (Å²) >= 11 is 0. The largest absolute Gasteiger partial charge is 0.416 e. The molecule has 1 saturated heterocycles. The van der Waals surface area contributed by atoms with Gasteiger partial charge in [-0.15, -0.1) is 0 Å². The maximum atomic E-state index is 13.0. The fourth-order valence-corrected chi connectivity index (χ4v) is 3.59. The molecule has 0 spiro atoms. The number of halogens is 3. The lowest BCUT2D eigenvalue weighted by molar-refractivity contribution is -0.383. The molecule has 1 N–H and O–H groups in total. The summed E-state index contributed by atoms with van der Waals surface area (Å²) in [7, 11) is 0. The summed E-state index contributed by atoms with van der Waals surface area (Å²) in [6.07, 6.45) is -3.36. The minimum Gasteiger partial charge on any atom is -0.368 e. The van der Waals surface area contributed by atoms with Gasteiger partial charge in [0, 0.05) is 37.6 Å². The number of nitrogens with one attached hydrogen (secondary N) is 1. The molecule has 0 aliphatic carbocycles. The number of aromatic nitrogens is 2. The van der Waals surface area contributed by atoms with E-state index in [0.717, 1.165) is 17.8 Å². The molecule has 0 bridgehead atoms. The Morgan fingerprint density at radius 1 is 0.938 bits per heavy atom. The van der Waals surface area contributed by atoms with Gasteiger partial charge < -0.3 is 15.1 Å². The van der Waals surface area contributed by atoms with Crippen molar-refractivity contribution in [3.05, 3.63) is 76.6 Å². The second-order valence-corrected chi connectivity index (χ2v) is 7.16. The van der Waals surface area contributed by atoms with Crippen molar-refractivity contribution in [3.8, 4) is 0 Å². The molecule has 0 unspecified atom stereocenters. The number of anilines is 4. The molecule has 1 aliphatic heterocycles. The fraction of sp³-hybridized carbons (Fsp3) is 0.238. The quantitative estimate of drug-likeness (QED) is 0.459. The lowest BCUT2D eigenvalue weighted by Crippen LogP contribution is -2.47. The third-order valence-corrected chi connectivity index (χ3v) is 5.14. The predicted molar refractivity (Wildman–Crippen MR) is 114 cm³/mol. The van der Waals surface area contributed by atoms with E-state index in [2.05, 4.69) is 20.2 Å². The number of nitrogens with zero attached hydrogens (tertiary/aromatic N) is 5. The van der Waals surface area contributed by atoms with Crippen molar-refractivity contribution in [1.82, 2.24) is 9.97 Å². The number of hydrogen-bond acceptors (Lipinski definition) is 7. The van der Waals surface area contributed by atoms with E-state index in [4.69, 9.17) is 0 Å². The van der Waals surface area contributed by atoms with Gasteiger partial charge in [-0.05, 0) is 30.3 Å². The Hall–Kier alpha value is -3.89. The number of benzene rings is 2. The molecule has 3 aromatic rings. The first kappa shape index (κ1) is 21.3. The summed E-state index contributed by atoms with van der Waals surface area (Å²) in [4.78, 5) is 23.2. The van der Waals surface area contributed by atoms with Crippen LogP contribution >= 0.6 is 0 Å². The van der Waals surface area contributed by atoms with E-state index in [1.54, 1.807) is 4.90 Å². The maximum absolute atomic E-state index is 13.0. The number of rotatable bonds is 5. The molecular weight excluding hydrogens is 425 g/mol. The fourth-order valence-electron chi connectivity index (χ4n) is 3.59. The molecule has 166 valence electrons. The van der Waals surface area contributed by atoms with Crippen LogP contribution in [0.2, 0.25) is 0 Å². The highest BCUT2D eigenvalue weighted by atomic mass is 19.4. The zero-order valence-electron chi connectivity index (χ0n) is 16.8. The normalized spacial score (nSPS) is 14.3. The lowest BCUT2D eigenvalue weighted by Gasteiger charge is -2.36. The van der Waals surface area contributed by atoms with Gasteiger partial charge in [-0.25, -0.2) is 9.97 Å². The Bertz CT molecular complexity index is 1100. The summed E-state index contributed by atoms with van der Waals surface area (Å²) in [5.41, 5.74) is -0.132. The first-order valence-electron chi connectivity index (χ1n) is 9.81. The van der Waals surface area contributed by atoms with Crippen LogP contribution in [0.25, 0.3) is 0 Å². The topological polar surface area (TPSA) is 87.4 Å². The highest BCUT2D eigenvalue weighted by Crippen LogP contribution is 2.36. The smallest absolute Gasteiger partial charge is 0.368 e. The number of nitro groups is 1. The van der Waals surface area contributed by atoms with E-state index in [1.165, 1.54) is 18.5 Å². The Morgan fingerprint density at radius 3 is 2.28 bits per heavy atom. The number of alkyl halides is 3. The van der Waals surface area contributed by atoms with Crippen LogP contribution in [0.3, 0.4) is 0 Å². The summed E-state index contributed by atoms with van der Waals surface area (Å²) in [6.45, 7) is 2.27. The number of hydrogen-bond donors (Lipinski definition) is 1. The van der Waals surface area contributed by atoms with E-state index >= 15 is 0 Å². The lowest BCUT2D eigenvalue weighted by atomic mass is 10.2. The van der Waals surface area contributed by atoms with Crippen molar-refractivity contribution < 1.29 is 18.1 Å². The SMILES string of the molecule is O=[N+]([O-])c1c(Nc2cccc(C(F)(F)F)c2)ncnc1N1CCN(c2ccccc2)CC1. The Balaban J connectivity index is 1.58. The van der Waals surface area contributed by atoms with Crippen LogP contribution in [0, 0.1) is 10.1 Å². The molecule has 1 fully saturated rings. The second kappa shape index (κ2) is 8.69. The number of para-hydroxylation sites is 1. The highest BCUT2D eigenvalue weighted by Gasteiger charge is 2.32. The molecule has 0 saturated carbocycles. The molecule has 2 heterocycles. The van der Waals surface area contributed by atoms with E-state index in [-0.39, 0.29) is 23.0 Å². The van der Waals surface area contributed by atoms with Crippen LogP contribution in [-0.2, 0) is 6.18 Å². The third kappa shape index (κ3) is 4.56. The summed E-state index contributed by atoms with van der Waals surface area (Å²) < 4.78 is 39.0. The molecule has 4 rings (SSSR count). The zero-order valence-corrected chi connectivity index (χ0v) is 16.8. The van der Waals surface area contributed by atoms with Crippen molar-refractivity contribution >= 4 is 28.7 Å². The van der Waals surface area contributed by atoms with Crippen LogP contribution in [-0.4, -0.2) is 41.1 Å². The average Bonchev–Trinajstić information content (AvgIpc) is 2.79. The van der Waals surface area contributed by atoms with E-state index in [9.17, 15) is 23.3 Å². The minimum absolute atomic E-state index is 0.0430. The van der Waals surface area contributed by atoms with E-state index < -0.39 is 16.7 Å². The van der Waals surface area contributed by atoms with Crippen LogP contribution in [0.1, 0.15) is 5.56 Å². The highest BCUT2D eigenvalue weighted by molar-refractivity contribution is 5.75. The van der Waals surface area contributed by atoms with E-state index in [1.807, 2.05) is 30.3 Å². The predicted octanol–water partition coefficient (Wildman–Crippen LogP) is 4.47. The van der Waals surface area contributed by atoms with Gasteiger partial charge in [-0.1, -0.05) is 24.3 Å². The summed E-state index contributed by atoms with van der Waals surface area (Å²) in [6, 6.07) is 14.2. The Labute approximate surface area is 181 Å². The van der Waals surface area contributed by atoms with Gasteiger partial charge in [0.25, 0.3) is 0 Å². The van der Waals surface area contributed by atoms with Gasteiger partial charge in [-0.3, -0.25) is 10.1 Å². The maximum Gasteiger partial charge on any atom is 0.416 e. The average molecular weight is 444 g/mol. The van der Waals surface area contributed by atoms with Gasteiger partial charge in [-0.2, -0.15) is 13.2 Å². The van der Waals surface area contributed by atoms with E-state index in [0.29, 0.717) is 26.2 Å². The summed E-state index contributed by atoms with van der Waals surface area (Å²) in [5, 5.41) is 14.5. The minimum atomic E-state index is -4.53. The van der Waals surface area contributed by atoms with Gasteiger partial charge in [0.1, 0.15) is 6.33 Å². The molecular formula is C21H19F3N6O2. The van der Waals surface area contributed by atoms with Gasteiger partial charge >= 0.3 is 11.9 Å². The third-order valence-electron chi connectivity index (χ3n) is 5.14. The monoisotopic (exact) mass is 444 g/mol. The van der Waals surface area contributed by atoms with Crippen LogP contribution in [0.4, 0.5) is 41.9 Å². The first-order chi connectivity index (χ1) is 15.3. The Morgan fingerprint density at radius 2 is 1.62 bits per heavy atom. The molecule has 0 amide bonds. The van der Waals surface area contributed by atoms with Gasteiger partial charge in [0.15, 0.2) is 0 Å². The van der Waals surface area contributed by atoms with Crippen LogP contribution in [0.15, 0.2) is 60.9 Å². The molecule has 11 heteroatoms. The molecule has 2 aromatic carbocycles. The van der Waals surface area contributed by atoms with Crippen molar-refractivity contribution in [2.24, 2.45) is 0 Å². The van der Waals surface area contributed by atoms with Gasteiger partial charge in [0.2, 0.25) is 11.6 Å². The molecule has 0 radical (unpaired) electrons. The standard InChI is InChI=1S/C21H19F3N6O2/c22-21(23,24)15-5-4-6-16(13-15)27-19-18(30(31)32)20(26-14-25-19)29-11-9-28(10-12-29)17-7-2-1-3-8-17/h1-8,13-14H,9-12H2,(H,25,26,27). The van der Waals surface area contributed by atoms with Crippen LogP contribution in [0.5, 0.6) is 0 Å². The van der Waals surface area contributed by atoms with Gasteiger partial charge in [0.05, 0.1) is 10.5 Å². The van der Waals surface area contributed by atoms with Crippen molar-refractivity contribution in [1.29, 1.82) is 0 Å². The zero-order chi connectivity index (χ0) is 22.7. The molecule has 32 heavy (non-hydrogen) atoms. The molecule has 0 atom stereocenters. The van der Waals surface area contributed by atoms with Crippen molar-refractivity contribution in [2.45, 2.75) is 6.18 Å². The molecule has 1 aliphatic rings. The molecule has 1 aromatic heterocycles. The number of piperazine rings is 1. The molecule has 8 nitrogen and oxygen atoms in total.